The summed E-state index contributed by atoms with van der Waals surface area (Å²) in [6.45, 7) is -0.119. The average molecular weight is 385 g/mol. The third-order valence-corrected chi connectivity index (χ3v) is 4.62. The fraction of sp³-hybridized carbons (Fsp3) is 0.333. The topological polar surface area (TPSA) is 62.0 Å². The Morgan fingerprint density at radius 1 is 1.38 bits per heavy atom. The Balaban J connectivity index is 1.65. The zero-order valence-corrected chi connectivity index (χ0v) is 14.8. The third kappa shape index (κ3) is 3.83. The van der Waals surface area contributed by atoms with E-state index >= 15 is 0 Å². The van der Waals surface area contributed by atoms with Crippen LogP contribution >= 0.6 is 11.6 Å². The lowest BCUT2D eigenvalue weighted by molar-refractivity contribution is -0.604. The Bertz CT molecular complexity index is 833. The Kier molecular flexibility index (Phi) is 5.20. The van der Waals surface area contributed by atoms with Crippen molar-refractivity contribution in [3.63, 3.8) is 0 Å². The fourth-order valence-corrected chi connectivity index (χ4v) is 3.15. The van der Waals surface area contributed by atoms with Crippen LogP contribution in [-0.2, 0) is 6.54 Å². The summed E-state index contributed by atoms with van der Waals surface area (Å²) in [7, 11) is 0. The molecule has 0 bridgehead atoms. The van der Waals surface area contributed by atoms with Crippen LogP contribution in [0.25, 0.3) is 0 Å². The molecule has 1 atom stereocenters. The molecule has 1 aromatic carbocycles. The van der Waals surface area contributed by atoms with E-state index in [1.54, 1.807) is 18.3 Å². The number of halogens is 4. The van der Waals surface area contributed by atoms with Crippen molar-refractivity contribution in [3.8, 4) is 5.75 Å². The number of alkyl halides is 3. The number of fused-ring (bicyclic) bond motifs is 1. The minimum atomic E-state index is -3.47. The molecule has 0 radical (unpaired) electrons. The van der Waals surface area contributed by atoms with E-state index in [1.807, 2.05) is 18.3 Å². The lowest BCUT2D eigenvalue weighted by Crippen LogP contribution is -2.76. The summed E-state index contributed by atoms with van der Waals surface area (Å²) in [5.74, 6) is -2.95. The van der Waals surface area contributed by atoms with Gasteiger partial charge in [0.15, 0.2) is 13.3 Å². The van der Waals surface area contributed by atoms with Crippen LogP contribution in [0.2, 0.25) is 0 Å². The van der Waals surface area contributed by atoms with E-state index < -0.39 is 19.2 Å². The van der Waals surface area contributed by atoms with Gasteiger partial charge in [-0.25, -0.2) is 9.38 Å². The average Bonchev–Trinajstić information content (AvgIpc) is 3.28. The number of nitrogens with two attached hydrogens (primary N) is 1. The Morgan fingerprint density at radius 2 is 2.15 bits per heavy atom. The second kappa shape index (κ2) is 7.25. The van der Waals surface area contributed by atoms with Crippen molar-refractivity contribution in [2.75, 3.05) is 13.3 Å². The number of hydrogen-bond donors (Lipinski definition) is 2. The number of nitrogens with one attached hydrogen (secondary N) is 1. The van der Waals surface area contributed by atoms with Crippen molar-refractivity contribution in [2.24, 2.45) is 4.99 Å². The van der Waals surface area contributed by atoms with Crippen LogP contribution in [0, 0.1) is 5.41 Å². The quantitative estimate of drug-likeness (QED) is 0.744. The number of rotatable bonds is 7. The smallest absolute Gasteiger partial charge is 0.309 e. The molecule has 3 rings (SSSR count). The van der Waals surface area contributed by atoms with Gasteiger partial charge in [-0.1, -0.05) is 18.5 Å². The number of hydrogen-bond acceptors (Lipinski definition) is 3. The molecule has 1 aromatic rings. The molecule has 3 N–H and O–H groups in total. The summed E-state index contributed by atoms with van der Waals surface area (Å²) in [5, 5.41) is 10.0. The molecular weight excluding hydrogens is 367 g/mol. The predicted octanol–water partition coefficient (Wildman–Crippen LogP) is 3.27. The standard InChI is InChI=1S/C18H17ClF3N3O/c1-10-15-11(6-24-7-12-13(23)4-5-25-17(12)19)2-3-14(16(10)15)26-9-18(21,22)8-20/h2-5,7,10,23-24H,6,8-9H2,1H3/p+1. The maximum atomic E-state index is 13.0. The van der Waals surface area contributed by atoms with Crippen LogP contribution in [0.4, 0.5) is 13.2 Å². The third-order valence-electron chi connectivity index (χ3n) is 4.32. The molecule has 4 nitrogen and oxygen atoms in total. The molecule has 8 heteroatoms. The van der Waals surface area contributed by atoms with Crippen molar-refractivity contribution in [1.29, 1.82) is 5.41 Å². The Hall–Kier alpha value is -2.12. The van der Waals surface area contributed by atoms with Gasteiger partial charge < -0.3 is 10.1 Å². The first-order valence-electron chi connectivity index (χ1n) is 8.09. The minimum absolute atomic E-state index is 0.135. The van der Waals surface area contributed by atoms with Crippen LogP contribution in [0.5, 0.6) is 5.75 Å². The van der Waals surface area contributed by atoms with Crippen LogP contribution in [-0.4, -0.2) is 30.1 Å². The first-order chi connectivity index (χ1) is 12.3. The number of ether oxygens (including phenoxy) is 1. The molecule has 0 saturated carbocycles. The number of quaternary nitrogens is 1. The molecule has 2 aliphatic rings. The monoisotopic (exact) mass is 384 g/mol. The SMILES string of the molecule is CC1c2c(C[NH2+]C=C3C(=N)C=CN=C3Cl)ccc(OCC(F)(F)CF)c21. The molecule has 138 valence electrons. The lowest BCUT2D eigenvalue weighted by Gasteiger charge is -2.13. The Morgan fingerprint density at radius 3 is 2.85 bits per heavy atom. The van der Waals surface area contributed by atoms with Gasteiger partial charge in [0.25, 0.3) is 0 Å². The zero-order chi connectivity index (χ0) is 18.9. The predicted molar refractivity (Wildman–Crippen MR) is 94.2 cm³/mol. The van der Waals surface area contributed by atoms with E-state index in [2.05, 4.69) is 4.99 Å². The van der Waals surface area contributed by atoms with Gasteiger partial charge in [0.05, 0.1) is 11.3 Å². The molecular formula is C18H18ClF3N3O+. The molecule has 26 heavy (non-hydrogen) atoms. The van der Waals surface area contributed by atoms with Gasteiger partial charge in [-0.2, -0.15) is 8.78 Å². The number of allylic oxidation sites excluding steroid dienone is 2. The summed E-state index contributed by atoms with van der Waals surface area (Å²) in [4.78, 5) is 3.95. The number of benzene rings is 1. The van der Waals surface area contributed by atoms with Gasteiger partial charge in [0.1, 0.15) is 23.7 Å². The van der Waals surface area contributed by atoms with E-state index in [9.17, 15) is 13.2 Å². The van der Waals surface area contributed by atoms with Gasteiger partial charge >= 0.3 is 5.92 Å². The van der Waals surface area contributed by atoms with Crippen LogP contribution in [0.3, 0.4) is 0 Å². The summed E-state index contributed by atoms with van der Waals surface area (Å²) in [5.41, 5.74) is 3.87. The summed E-state index contributed by atoms with van der Waals surface area (Å²) < 4.78 is 43.3. The zero-order valence-electron chi connectivity index (χ0n) is 14.0. The highest BCUT2D eigenvalue weighted by Gasteiger charge is 2.37. The molecule has 1 heterocycles. The summed E-state index contributed by atoms with van der Waals surface area (Å²) >= 11 is 5.99. The molecule has 1 unspecified atom stereocenters. The highest BCUT2D eigenvalue weighted by atomic mass is 35.5. The molecule has 0 spiro atoms. The molecule has 1 aliphatic heterocycles. The summed E-state index contributed by atoms with van der Waals surface area (Å²) in [6.07, 6.45) is 4.80. The van der Waals surface area contributed by atoms with Crippen LogP contribution < -0.4 is 10.1 Å². The highest BCUT2D eigenvalue weighted by molar-refractivity contribution is 6.73. The van der Waals surface area contributed by atoms with Gasteiger partial charge in [0, 0.05) is 23.2 Å². The largest absolute Gasteiger partial charge is 0.487 e. The van der Waals surface area contributed by atoms with E-state index in [0.717, 1.165) is 16.7 Å². The van der Waals surface area contributed by atoms with E-state index in [-0.39, 0.29) is 11.1 Å². The second-order valence-corrected chi connectivity index (χ2v) is 6.58. The minimum Gasteiger partial charge on any atom is -0.487 e. The van der Waals surface area contributed by atoms with Gasteiger partial charge in [-0.15, -0.1) is 0 Å². The van der Waals surface area contributed by atoms with Crippen molar-refractivity contribution in [1.82, 2.24) is 0 Å². The Labute approximate surface area is 153 Å². The fourth-order valence-electron chi connectivity index (χ4n) is 2.92. The first kappa shape index (κ1) is 18.7. The van der Waals surface area contributed by atoms with Gasteiger partial charge in [-0.3, -0.25) is 5.41 Å². The van der Waals surface area contributed by atoms with Crippen LogP contribution in [0.1, 0.15) is 29.5 Å². The molecule has 0 aromatic heterocycles. The van der Waals surface area contributed by atoms with Crippen molar-refractivity contribution in [3.05, 3.63) is 52.9 Å². The maximum Gasteiger partial charge on any atom is 0.309 e. The van der Waals surface area contributed by atoms with Crippen molar-refractivity contribution in [2.45, 2.75) is 25.3 Å². The first-order valence-corrected chi connectivity index (χ1v) is 8.47. The van der Waals surface area contributed by atoms with Gasteiger partial charge in [-0.05, 0) is 23.8 Å². The van der Waals surface area contributed by atoms with E-state index in [0.29, 0.717) is 23.6 Å². The van der Waals surface area contributed by atoms with E-state index in [4.69, 9.17) is 21.7 Å². The normalized spacial score (nSPS) is 20.2. The van der Waals surface area contributed by atoms with Crippen molar-refractivity contribution >= 4 is 22.5 Å². The highest BCUT2D eigenvalue weighted by Crippen LogP contribution is 2.51. The number of nitrogens with zero attached hydrogens (tertiary/aromatic N) is 1. The van der Waals surface area contributed by atoms with Gasteiger partial charge in [0.2, 0.25) is 0 Å². The second-order valence-electron chi connectivity index (χ2n) is 6.22. The molecule has 1 aliphatic carbocycles. The number of aliphatic imine (C=N–C) groups is 1. The molecule has 0 amide bonds. The summed E-state index contributed by atoms with van der Waals surface area (Å²) in [6, 6.07) is 3.47. The molecule has 0 fully saturated rings. The maximum absolute atomic E-state index is 13.0. The lowest BCUT2D eigenvalue weighted by atomic mass is 10.1. The van der Waals surface area contributed by atoms with Crippen molar-refractivity contribution < 1.29 is 23.2 Å². The van der Waals surface area contributed by atoms with E-state index in [1.165, 1.54) is 6.20 Å². The van der Waals surface area contributed by atoms with Crippen LogP contribution in [0.15, 0.2) is 41.2 Å². The molecule has 0 saturated heterocycles.